The predicted molar refractivity (Wildman–Crippen MR) is 149 cm³/mol. The van der Waals surface area contributed by atoms with Gasteiger partial charge in [0, 0.05) is 11.1 Å². The summed E-state index contributed by atoms with van der Waals surface area (Å²) in [5.74, 6) is 0.257. The topological polar surface area (TPSA) is 57.1 Å². The molecule has 0 N–H and O–H groups in total. The van der Waals surface area contributed by atoms with Crippen molar-refractivity contribution in [3.05, 3.63) is 124 Å². The van der Waals surface area contributed by atoms with E-state index in [2.05, 4.69) is 20.9 Å². The number of nitrogens with zero attached hydrogens (tertiary/aromatic N) is 1. The number of hydrogen-bond donors (Lipinski definition) is 0. The number of benzene rings is 4. The first kappa shape index (κ1) is 25.4. The molecule has 5 nitrogen and oxygen atoms in total. The Morgan fingerprint density at radius 2 is 1.58 bits per heavy atom. The second-order valence-corrected chi connectivity index (χ2v) is 9.28. The number of esters is 1. The molecule has 0 aromatic heterocycles. The first-order valence-corrected chi connectivity index (χ1v) is 12.8. The Labute approximate surface area is 228 Å². The SMILES string of the molecule is CCOc1cc(/C=C2\N=C(c3ccc(-c4ccccc4)cc3)OC2=O)cc(Br)c1OCc1ccccc1F. The van der Waals surface area contributed by atoms with Gasteiger partial charge in [-0.15, -0.1) is 0 Å². The summed E-state index contributed by atoms with van der Waals surface area (Å²) in [5.41, 5.74) is 4.12. The van der Waals surface area contributed by atoms with E-state index in [1.54, 1.807) is 36.4 Å². The van der Waals surface area contributed by atoms with Crippen molar-refractivity contribution in [3.63, 3.8) is 0 Å². The highest BCUT2D eigenvalue weighted by atomic mass is 79.9. The molecule has 0 saturated carbocycles. The van der Waals surface area contributed by atoms with Gasteiger partial charge in [-0.05, 0) is 76.0 Å². The van der Waals surface area contributed by atoms with E-state index < -0.39 is 5.97 Å². The molecule has 4 aromatic carbocycles. The lowest BCUT2D eigenvalue weighted by atomic mass is 10.0. The number of aliphatic imine (C=N–C) groups is 1. The van der Waals surface area contributed by atoms with Crippen LogP contribution in [0.4, 0.5) is 4.39 Å². The van der Waals surface area contributed by atoms with Gasteiger partial charge < -0.3 is 14.2 Å². The molecule has 0 bridgehead atoms. The van der Waals surface area contributed by atoms with E-state index in [0.29, 0.717) is 39.3 Å². The fourth-order valence-corrected chi connectivity index (χ4v) is 4.54. The average molecular weight is 572 g/mol. The van der Waals surface area contributed by atoms with E-state index in [1.807, 2.05) is 61.5 Å². The zero-order valence-corrected chi connectivity index (χ0v) is 22.1. The van der Waals surface area contributed by atoms with Crippen LogP contribution in [-0.4, -0.2) is 18.5 Å². The number of cyclic esters (lactones) is 1. The number of hydrogen-bond acceptors (Lipinski definition) is 5. The van der Waals surface area contributed by atoms with E-state index in [1.165, 1.54) is 6.07 Å². The standard InChI is InChI=1S/C31H23BrFNO4/c1-2-36-28-18-20(16-25(32)29(28)37-19-24-10-6-7-11-26(24)33)17-27-31(35)38-30(34-27)23-14-12-22(13-15-23)21-8-4-3-5-9-21/h3-18H,2,19H2,1H3/b27-17-. The monoisotopic (exact) mass is 571 g/mol. The quantitative estimate of drug-likeness (QED) is 0.161. The summed E-state index contributed by atoms with van der Waals surface area (Å²) in [6.07, 6.45) is 1.63. The number of carbonyl (C=O) groups excluding carboxylic acids is 1. The van der Waals surface area contributed by atoms with Crippen molar-refractivity contribution in [2.45, 2.75) is 13.5 Å². The largest absolute Gasteiger partial charge is 0.490 e. The molecule has 0 atom stereocenters. The van der Waals surface area contributed by atoms with Gasteiger partial charge in [-0.3, -0.25) is 0 Å². The Hall–Kier alpha value is -4.23. The zero-order chi connectivity index (χ0) is 26.5. The molecule has 0 spiro atoms. The van der Waals surface area contributed by atoms with Gasteiger partial charge in [-0.1, -0.05) is 60.7 Å². The van der Waals surface area contributed by atoms with Gasteiger partial charge in [0.15, 0.2) is 17.2 Å². The zero-order valence-electron chi connectivity index (χ0n) is 20.5. The third-order valence-corrected chi connectivity index (χ3v) is 6.41. The summed E-state index contributed by atoms with van der Waals surface area (Å²) in [7, 11) is 0. The van der Waals surface area contributed by atoms with Crippen LogP contribution in [-0.2, 0) is 16.1 Å². The van der Waals surface area contributed by atoms with Crippen molar-refractivity contribution in [2.24, 2.45) is 4.99 Å². The third kappa shape index (κ3) is 5.68. The van der Waals surface area contributed by atoms with Crippen molar-refractivity contribution in [1.82, 2.24) is 0 Å². The van der Waals surface area contributed by atoms with E-state index in [-0.39, 0.29) is 24.0 Å². The second kappa shape index (κ2) is 11.4. The normalized spacial score (nSPS) is 13.8. The van der Waals surface area contributed by atoms with Crippen molar-refractivity contribution in [1.29, 1.82) is 0 Å². The summed E-state index contributed by atoms with van der Waals surface area (Å²) < 4.78 is 31.8. The van der Waals surface area contributed by atoms with Crippen molar-refractivity contribution < 1.29 is 23.4 Å². The van der Waals surface area contributed by atoms with Gasteiger partial charge in [0.1, 0.15) is 12.4 Å². The minimum Gasteiger partial charge on any atom is -0.490 e. The van der Waals surface area contributed by atoms with Crippen LogP contribution in [0.1, 0.15) is 23.6 Å². The summed E-state index contributed by atoms with van der Waals surface area (Å²) in [6, 6.07) is 27.7. The Bertz CT molecular complexity index is 1530. The van der Waals surface area contributed by atoms with E-state index >= 15 is 0 Å². The van der Waals surface area contributed by atoms with Crippen LogP contribution in [0.15, 0.2) is 106 Å². The first-order chi connectivity index (χ1) is 18.5. The fraction of sp³-hybridized carbons (Fsp3) is 0.0968. The average Bonchev–Trinajstić information content (AvgIpc) is 3.29. The van der Waals surface area contributed by atoms with Crippen LogP contribution in [0.5, 0.6) is 11.5 Å². The van der Waals surface area contributed by atoms with Crippen LogP contribution in [0.3, 0.4) is 0 Å². The molecule has 0 unspecified atom stereocenters. The van der Waals surface area contributed by atoms with Gasteiger partial charge in [0.2, 0.25) is 5.90 Å². The summed E-state index contributed by atoms with van der Waals surface area (Å²) >= 11 is 3.52. The highest BCUT2D eigenvalue weighted by molar-refractivity contribution is 9.10. The third-order valence-electron chi connectivity index (χ3n) is 5.82. The molecule has 5 rings (SSSR count). The number of carbonyl (C=O) groups is 1. The minimum atomic E-state index is -0.541. The van der Waals surface area contributed by atoms with Crippen LogP contribution in [0.2, 0.25) is 0 Å². The molecule has 0 saturated heterocycles. The van der Waals surface area contributed by atoms with Crippen LogP contribution in [0.25, 0.3) is 17.2 Å². The lowest BCUT2D eigenvalue weighted by Crippen LogP contribution is -2.05. The highest BCUT2D eigenvalue weighted by Gasteiger charge is 2.24. The Kier molecular flexibility index (Phi) is 7.65. The lowest BCUT2D eigenvalue weighted by molar-refractivity contribution is -0.129. The van der Waals surface area contributed by atoms with Gasteiger partial charge in [0.25, 0.3) is 0 Å². The van der Waals surface area contributed by atoms with E-state index in [9.17, 15) is 9.18 Å². The smallest absolute Gasteiger partial charge is 0.363 e. The second-order valence-electron chi connectivity index (χ2n) is 8.42. The Morgan fingerprint density at radius 1 is 0.895 bits per heavy atom. The van der Waals surface area contributed by atoms with Crippen LogP contribution < -0.4 is 9.47 Å². The molecule has 0 fully saturated rings. The minimum absolute atomic E-state index is 0.0365. The number of halogens is 2. The molecule has 1 aliphatic heterocycles. The summed E-state index contributed by atoms with van der Waals surface area (Å²) in [6.45, 7) is 2.29. The predicted octanol–water partition coefficient (Wildman–Crippen LogP) is 7.58. The molecule has 7 heteroatoms. The van der Waals surface area contributed by atoms with E-state index in [4.69, 9.17) is 14.2 Å². The van der Waals surface area contributed by atoms with Crippen molar-refractivity contribution in [3.8, 4) is 22.6 Å². The number of rotatable bonds is 8. The molecule has 1 aliphatic rings. The van der Waals surface area contributed by atoms with Gasteiger partial charge >= 0.3 is 5.97 Å². The number of ether oxygens (including phenoxy) is 3. The summed E-state index contributed by atoms with van der Waals surface area (Å²) in [4.78, 5) is 17.0. The molecule has 4 aromatic rings. The maximum Gasteiger partial charge on any atom is 0.363 e. The maximum absolute atomic E-state index is 14.0. The molecular formula is C31H23BrFNO4. The Balaban J connectivity index is 1.38. The Morgan fingerprint density at radius 3 is 2.32 bits per heavy atom. The summed E-state index contributed by atoms with van der Waals surface area (Å²) in [5, 5.41) is 0. The molecular weight excluding hydrogens is 549 g/mol. The van der Waals surface area contributed by atoms with E-state index in [0.717, 1.165) is 11.1 Å². The van der Waals surface area contributed by atoms with Gasteiger partial charge in [-0.2, -0.15) is 0 Å². The maximum atomic E-state index is 14.0. The lowest BCUT2D eigenvalue weighted by Gasteiger charge is -2.15. The van der Waals surface area contributed by atoms with Gasteiger partial charge in [-0.25, -0.2) is 14.2 Å². The van der Waals surface area contributed by atoms with Crippen molar-refractivity contribution >= 4 is 33.9 Å². The molecule has 190 valence electrons. The van der Waals surface area contributed by atoms with Gasteiger partial charge in [0.05, 0.1) is 11.1 Å². The first-order valence-electron chi connectivity index (χ1n) is 12.0. The molecule has 0 radical (unpaired) electrons. The van der Waals surface area contributed by atoms with Crippen LogP contribution >= 0.6 is 15.9 Å². The molecule has 0 amide bonds. The molecule has 0 aliphatic carbocycles. The molecule has 38 heavy (non-hydrogen) atoms. The van der Waals surface area contributed by atoms with Crippen LogP contribution in [0, 0.1) is 5.82 Å². The highest BCUT2D eigenvalue weighted by Crippen LogP contribution is 2.38. The molecule has 1 heterocycles. The van der Waals surface area contributed by atoms with Crippen molar-refractivity contribution in [2.75, 3.05) is 6.61 Å². The fourth-order valence-electron chi connectivity index (χ4n) is 3.97.